The fraction of sp³-hybridized carbons (Fsp3) is 0.455. The highest BCUT2D eigenvalue weighted by Crippen LogP contribution is 2.13. The van der Waals surface area contributed by atoms with Gasteiger partial charge in [0.2, 0.25) is 0 Å². The predicted molar refractivity (Wildman–Crippen MR) is 60.8 cm³/mol. The number of rotatable bonds is 5. The highest BCUT2D eigenvalue weighted by Gasteiger charge is 2.11. The van der Waals surface area contributed by atoms with Crippen molar-refractivity contribution in [3.05, 3.63) is 23.9 Å². The van der Waals surface area contributed by atoms with Gasteiger partial charge in [-0.15, -0.1) is 0 Å². The molecule has 1 rings (SSSR count). The zero-order valence-corrected chi connectivity index (χ0v) is 9.42. The number of anilines is 1. The Morgan fingerprint density at radius 1 is 1.50 bits per heavy atom. The number of aromatic nitrogens is 1. The van der Waals surface area contributed by atoms with Crippen LogP contribution in [0.4, 0.5) is 5.82 Å². The summed E-state index contributed by atoms with van der Waals surface area (Å²) in [4.78, 5) is 16.6. The summed E-state index contributed by atoms with van der Waals surface area (Å²) in [5.41, 5.74) is 0.163. The Labute approximate surface area is 94.4 Å². The van der Waals surface area contributed by atoms with Gasteiger partial charge in [-0.3, -0.25) is 0 Å². The summed E-state index contributed by atoms with van der Waals surface area (Å²) in [6, 6.07) is 3.37. The van der Waals surface area contributed by atoms with Gasteiger partial charge >= 0.3 is 5.97 Å². The van der Waals surface area contributed by atoms with Gasteiger partial charge in [0.1, 0.15) is 5.82 Å². The topological polar surface area (TPSA) is 73.7 Å². The van der Waals surface area contributed by atoms with Gasteiger partial charge in [-0.2, -0.15) is 0 Å². The molecule has 0 bridgehead atoms. The first-order valence-electron chi connectivity index (χ1n) is 5.13. The Balaban J connectivity index is 2.89. The van der Waals surface area contributed by atoms with Crippen molar-refractivity contribution < 1.29 is 15.0 Å². The summed E-state index contributed by atoms with van der Waals surface area (Å²) < 4.78 is 0. The highest BCUT2D eigenvalue weighted by atomic mass is 16.4. The first kappa shape index (κ1) is 12.4. The van der Waals surface area contributed by atoms with Crippen LogP contribution in [0, 0.1) is 0 Å². The molecular formula is C11H16N2O3. The van der Waals surface area contributed by atoms with E-state index in [4.69, 9.17) is 10.2 Å². The molecule has 1 heterocycles. The number of pyridine rings is 1. The lowest BCUT2D eigenvalue weighted by Gasteiger charge is -2.26. The minimum atomic E-state index is -0.989. The monoisotopic (exact) mass is 224 g/mol. The third-order valence-electron chi connectivity index (χ3n) is 2.25. The van der Waals surface area contributed by atoms with Crippen LogP contribution in [0.5, 0.6) is 0 Å². The standard InChI is InChI=1S/C11H16N2O3/c1-8(2)13(5-6-14)10-4-3-9(7-12-10)11(15)16/h3-4,7-8,14H,5-6H2,1-2H3,(H,15,16). The van der Waals surface area contributed by atoms with E-state index in [-0.39, 0.29) is 18.2 Å². The van der Waals surface area contributed by atoms with Crippen LogP contribution in [0.3, 0.4) is 0 Å². The summed E-state index contributed by atoms with van der Waals surface area (Å²) in [5.74, 6) is -0.314. The lowest BCUT2D eigenvalue weighted by Crippen LogP contribution is -2.34. The Morgan fingerprint density at radius 3 is 2.56 bits per heavy atom. The third-order valence-corrected chi connectivity index (χ3v) is 2.25. The van der Waals surface area contributed by atoms with Gasteiger partial charge in [0.05, 0.1) is 12.2 Å². The van der Waals surface area contributed by atoms with Crippen molar-refractivity contribution in [3.8, 4) is 0 Å². The fourth-order valence-corrected chi connectivity index (χ4v) is 1.43. The van der Waals surface area contributed by atoms with E-state index in [0.717, 1.165) is 0 Å². The number of aliphatic hydroxyl groups excluding tert-OH is 1. The van der Waals surface area contributed by atoms with E-state index in [9.17, 15) is 4.79 Å². The maximum absolute atomic E-state index is 10.6. The first-order chi connectivity index (χ1) is 7.56. The van der Waals surface area contributed by atoms with Crippen molar-refractivity contribution in [1.82, 2.24) is 4.98 Å². The first-order valence-corrected chi connectivity index (χ1v) is 5.13. The molecule has 5 nitrogen and oxygen atoms in total. The minimum Gasteiger partial charge on any atom is -0.478 e. The van der Waals surface area contributed by atoms with Crippen LogP contribution in [0.25, 0.3) is 0 Å². The summed E-state index contributed by atoms with van der Waals surface area (Å²) in [5, 5.41) is 17.7. The van der Waals surface area contributed by atoms with Crippen LogP contribution < -0.4 is 4.90 Å². The maximum Gasteiger partial charge on any atom is 0.337 e. The third kappa shape index (κ3) is 2.93. The van der Waals surface area contributed by atoms with Gasteiger partial charge in [-0.05, 0) is 26.0 Å². The van der Waals surface area contributed by atoms with Gasteiger partial charge in [0, 0.05) is 18.8 Å². The Hall–Kier alpha value is -1.62. The molecule has 0 saturated carbocycles. The van der Waals surface area contributed by atoms with E-state index in [1.807, 2.05) is 18.7 Å². The van der Waals surface area contributed by atoms with Gasteiger partial charge in [-0.1, -0.05) is 0 Å². The van der Waals surface area contributed by atoms with Crippen molar-refractivity contribution in [2.75, 3.05) is 18.1 Å². The van der Waals surface area contributed by atoms with Crippen molar-refractivity contribution in [2.45, 2.75) is 19.9 Å². The molecule has 0 amide bonds. The lowest BCUT2D eigenvalue weighted by molar-refractivity contribution is 0.0696. The molecule has 0 saturated heterocycles. The molecule has 0 radical (unpaired) electrons. The van der Waals surface area contributed by atoms with Gasteiger partial charge in [0.15, 0.2) is 0 Å². The summed E-state index contributed by atoms with van der Waals surface area (Å²) in [6.45, 7) is 4.50. The number of hydrogen-bond donors (Lipinski definition) is 2. The molecule has 88 valence electrons. The van der Waals surface area contributed by atoms with Crippen molar-refractivity contribution >= 4 is 11.8 Å². The average Bonchev–Trinajstić information content (AvgIpc) is 2.25. The number of carboxylic acid groups (broad SMARTS) is 1. The average molecular weight is 224 g/mol. The summed E-state index contributed by atoms with van der Waals surface area (Å²) in [6.07, 6.45) is 1.32. The van der Waals surface area contributed by atoms with Crippen molar-refractivity contribution in [1.29, 1.82) is 0 Å². The van der Waals surface area contributed by atoms with Gasteiger partial charge in [0.25, 0.3) is 0 Å². The van der Waals surface area contributed by atoms with Crippen LogP contribution in [-0.4, -0.2) is 40.4 Å². The summed E-state index contributed by atoms with van der Waals surface area (Å²) >= 11 is 0. The molecule has 1 aromatic heterocycles. The Morgan fingerprint density at radius 2 is 2.19 bits per heavy atom. The lowest BCUT2D eigenvalue weighted by atomic mass is 10.2. The zero-order chi connectivity index (χ0) is 12.1. The number of aromatic carboxylic acids is 1. The number of hydrogen-bond acceptors (Lipinski definition) is 4. The van der Waals surface area contributed by atoms with E-state index in [1.54, 1.807) is 6.07 Å². The van der Waals surface area contributed by atoms with E-state index in [2.05, 4.69) is 4.98 Å². The van der Waals surface area contributed by atoms with Crippen LogP contribution in [0.15, 0.2) is 18.3 Å². The second-order valence-electron chi connectivity index (χ2n) is 3.72. The molecule has 0 aliphatic heterocycles. The van der Waals surface area contributed by atoms with Crippen LogP contribution in [0.2, 0.25) is 0 Å². The second kappa shape index (κ2) is 5.46. The predicted octanol–water partition coefficient (Wildman–Crippen LogP) is 0.987. The van der Waals surface area contributed by atoms with E-state index in [1.165, 1.54) is 12.3 Å². The van der Waals surface area contributed by atoms with Crippen LogP contribution >= 0.6 is 0 Å². The Kier molecular flexibility index (Phi) is 4.25. The normalized spacial score (nSPS) is 10.5. The van der Waals surface area contributed by atoms with Gasteiger partial charge < -0.3 is 15.1 Å². The number of carboxylic acids is 1. The molecule has 0 atom stereocenters. The molecule has 0 aromatic carbocycles. The molecular weight excluding hydrogens is 208 g/mol. The largest absolute Gasteiger partial charge is 0.478 e. The van der Waals surface area contributed by atoms with Crippen molar-refractivity contribution in [2.24, 2.45) is 0 Å². The molecule has 0 fully saturated rings. The molecule has 0 aliphatic carbocycles. The molecule has 1 aromatic rings. The van der Waals surface area contributed by atoms with Crippen molar-refractivity contribution in [3.63, 3.8) is 0 Å². The number of nitrogens with zero attached hydrogens (tertiary/aromatic N) is 2. The number of carbonyl (C=O) groups is 1. The maximum atomic E-state index is 10.6. The van der Waals surface area contributed by atoms with E-state index < -0.39 is 5.97 Å². The summed E-state index contributed by atoms with van der Waals surface area (Å²) in [7, 11) is 0. The molecule has 16 heavy (non-hydrogen) atoms. The quantitative estimate of drug-likeness (QED) is 0.780. The highest BCUT2D eigenvalue weighted by molar-refractivity contribution is 5.87. The molecule has 0 unspecified atom stereocenters. The number of aliphatic hydroxyl groups is 1. The van der Waals surface area contributed by atoms with E-state index >= 15 is 0 Å². The van der Waals surface area contributed by atoms with Crippen LogP contribution in [0.1, 0.15) is 24.2 Å². The minimum absolute atomic E-state index is 0.0422. The molecule has 0 aliphatic rings. The molecule has 5 heteroatoms. The molecule has 2 N–H and O–H groups in total. The smallest absolute Gasteiger partial charge is 0.337 e. The zero-order valence-electron chi connectivity index (χ0n) is 9.42. The second-order valence-corrected chi connectivity index (χ2v) is 3.72. The SMILES string of the molecule is CC(C)N(CCO)c1ccc(C(=O)O)cn1. The van der Waals surface area contributed by atoms with Crippen LogP contribution in [-0.2, 0) is 0 Å². The molecule has 0 spiro atoms. The van der Waals surface area contributed by atoms with Gasteiger partial charge in [-0.25, -0.2) is 9.78 Å². The van der Waals surface area contributed by atoms with E-state index in [0.29, 0.717) is 12.4 Å². The fourth-order valence-electron chi connectivity index (χ4n) is 1.43. The Bertz CT molecular complexity index is 349.